The molecule has 5 N–H and O–H groups in total. The molecule has 2 aromatic rings. The number of ether oxygens (including phenoxy) is 4. The first-order chi connectivity index (χ1) is 15.7. The van der Waals surface area contributed by atoms with Crippen LogP contribution in [0.25, 0.3) is 0 Å². The summed E-state index contributed by atoms with van der Waals surface area (Å²) < 4.78 is 22.9. The molecular weight excluding hydrogens is 428 g/mol. The topological polar surface area (TPSA) is 132 Å². The van der Waals surface area contributed by atoms with E-state index in [-0.39, 0.29) is 24.0 Å². The smallest absolute Gasteiger partial charge is 0.252 e. The molecule has 0 radical (unpaired) electrons. The van der Waals surface area contributed by atoms with Gasteiger partial charge in [-0.25, -0.2) is 0 Å². The van der Waals surface area contributed by atoms with E-state index in [2.05, 4.69) is 5.32 Å². The highest BCUT2D eigenvalue weighted by Crippen LogP contribution is 2.28. The molecule has 0 aromatic heterocycles. The molecule has 2 aromatic carbocycles. The lowest BCUT2D eigenvalue weighted by molar-refractivity contribution is -0.138. The number of primary amides is 1. The van der Waals surface area contributed by atoms with Gasteiger partial charge in [0.15, 0.2) is 5.79 Å². The van der Waals surface area contributed by atoms with Gasteiger partial charge in [-0.3, -0.25) is 4.79 Å². The summed E-state index contributed by atoms with van der Waals surface area (Å²) in [6, 6.07) is 12.0. The van der Waals surface area contributed by atoms with Crippen LogP contribution in [0.5, 0.6) is 17.2 Å². The zero-order valence-corrected chi connectivity index (χ0v) is 19.0. The van der Waals surface area contributed by atoms with Crippen molar-refractivity contribution in [1.82, 2.24) is 5.32 Å². The Kier molecular flexibility index (Phi) is 8.51. The second-order valence-electron chi connectivity index (χ2n) is 8.32. The Morgan fingerprint density at radius 2 is 2.06 bits per heavy atom. The number of benzene rings is 2. The summed E-state index contributed by atoms with van der Waals surface area (Å²) in [4.78, 5) is 11.3. The Labute approximate surface area is 193 Å². The van der Waals surface area contributed by atoms with Crippen LogP contribution in [0.2, 0.25) is 0 Å². The third-order valence-corrected chi connectivity index (χ3v) is 5.08. The standard InChI is InChI=1S/C24H32N2O7/c1-24(2)32-15-19(33-24)11-16-5-3-4-6-22(16)31-14-17(27)13-26-9-10-30-18-7-8-21(28)20(12-18)23(25)29/h3-8,12,17,19,26-28H,9-11,13-15H2,1-2H3,(H2,25,29). The Balaban J connectivity index is 1.37. The van der Waals surface area contributed by atoms with E-state index in [0.29, 0.717) is 44.2 Å². The predicted octanol–water partition coefficient (Wildman–Crippen LogP) is 1.59. The van der Waals surface area contributed by atoms with E-state index >= 15 is 0 Å². The van der Waals surface area contributed by atoms with E-state index in [9.17, 15) is 15.0 Å². The van der Waals surface area contributed by atoms with Crippen LogP contribution in [0, 0.1) is 0 Å². The maximum atomic E-state index is 11.3. The van der Waals surface area contributed by atoms with Gasteiger partial charge in [-0.2, -0.15) is 0 Å². The Morgan fingerprint density at radius 1 is 1.27 bits per heavy atom. The number of hydrogen-bond donors (Lipinski definition) is 4. The van der Waals surface area contributed by atoms with E-state index in [0.717, 1.165) is 5.56 Å². The van der Waals surface area contributed by atoms with E-state index < -0.39 is 17.8 Å². The van der Waals surface area contributed by atoms with Crippen molar-refractivity contribution in [2.75, 3.05) is 32.9 Å². The normalized spacial score (nSPS) is 18.1. The van der Waals surface area contributed by atoms with Crippen molar-refractivity contribution in [3.05, 3.63) is 53.6 Å². The monoisotopic (exact) mass is 460 g/mol. The lowest BCUT2D eigenvalue weighted by atomic mass is 10.1. The van der Waals surface area contributed by atoms with Crippen LogP contribution in [-0.2, 0) is 15.9 Å². The maximum Gasteiger partial charge on any atom is 0.252 e. The van der Waals surface area contributed by atoms with Crippen molar-refractivity contribution < 1.29 is 34.0 Å². The molecule has 180 valence electrons. The molecule has 1 saturated heterocycles. The maximum absolute atomic E-state index is 11.3. The molecule has 0 spiro atoms. The number of amides is 1. The summed E-state index contributed by atoms with van der Waals surface area (Å²) in [6.45, 7) is 5.55. The van der Waals surface area contributed by atoms with Gasteiger partial charge in [0.2, 0.25) is 0 Å². The second kappa shape index (κ2) is 11.3. The number of nitrogens with two attached hydrogens (primary N) is 1. The van der Waals surface area contributed by atoms with Crippen LogP contribution < -0.4 is 20.5 Å². The van der Waals surface area contributed by atoms with E-state index in [1.807, 2.05) is 38.1 Å². The zero-order valence-electron chi connectivity index (χ0n) is 19.0. The van der Waals surface area contributed by atoms with Crippen molar-refractivity contribution in [3.63, 3.8) is 0 Å². The third kappa shape index (κ3) is 7.61. The van der Waals surface area contributed by atoms with Crippen molar-refractivity contribution in [2.45, 2.75) is 38.3 Å². The fraction of sp³-hybridized carbons (Fsp3) is 0.458. The van der Waals surface area contributed by atoms with Gasteiger partial charge < -0.3 is 40.2 Å². The number of rotatable bonds is 12. The van der Waals surface area contributed by atoms with E-state index in [4.69, 9.17) is 24.7 Å². The van der Waals surface area contributed by atoms with Crippen molar-refractivity contribution in [1.29, 1.82) is 0 Å². The molecule has 3 rings (SSSR count). The average molecular weight is 461 g/mol. The van der Waals surface area contributed by atoms with Crippen LogP contribution >= 0.6 is 0 Å². The van der Waals surface area contributed by atoms with Crippen LogP contribution in [0.4, 0.5) is 0 Å². The molecular formula is C24H32N2O7. The van der Waals surface area contributed by atoms with Gasteiger partial charge in [-0.15, -0.1) is 0 Å². The molecule has 1 amide bonds. The van der Waals surface area contributed by atoms with Gasteiger partial charge in [0.1, 0.15) is 36.6 Å². The molecule has 1 aliphatic rings. The minimum absolute atomic E-state index is 0.00374. The molecule has 9 nitrogen and oxygen atoms in total. The Hall–Kier alpha value is -2.85. The minimum atomic E-state index is -0.728. The first-order valence-electron chi connectivity index (χ1n) is 10.9. The first kappa shape index (κ1) is 24.8. The minimum Gasteiger partial charge on any atom is -0.507 e. The number of hydrogen-bond acceptors (Lipinski definition) is 8. The summed E-state index contributed by atoms with van der Waals surface area (Å²) in [7, 11) is 0. The lowest BCUT2D eigenvalue weighted by Gasteiger charge is -2.19. The SMILES string of the molecule is CC1(C)OCC(Cc2ccccc2OCC(O)CNCCOc2ccc(O)c(C(N)=O)c2)O1. The summed E-state index contributed by atoms with van der Waals surface area (Å²) in [5.74, 6) is -0.354. The summed E-state index contributed by atoms with van der Waals surface area (Å²) in [6.07, 6.45) is -0.0813. The lowest BCUT2D eigenvalue weighted by Crippen LogP contribution is -2.33. The quantitative estimate of drug-likeness (QED) is 0.351. The Morgan fingerprint density at radius 3 is 2.79 bits per heavy atom. The van der Waals surface area contributed by atoms with Gasteiger partial charge in [0.05, 0.1) is 18.3 Å². The van der Waals surface area contributed by atoms with Gasteiger partial charge >= 0.3 is 0 Å². The number of nitrogens with one attached hydrogen (secondary N) is 1. The summed E-state index contributed by atoms with van der Waals surface area (Å²) >= 11 is 0. The van der Waals surface area contributed by atoms with E-state index in [1.165, 1.54) is 12.1 Å². The molecule has 2 atom stereocenters. The van der Waals surface area contributed by atoms with Gasteiger partial charge in [0, 0.05) is 19.5 Å². The predicted molar refractivity (Wildman–Crippen MR) is 122 cm³/mol. The highest BCUT2D eigenvalue weighted by Gasteiger charge is 2.33. The highest BCUT2D eigenvalue weighted by molar-refractivity contribution is 5.95. The summed E-state index contributed by atoms with van der Waals surface area (Å²) in [5.41, 5.74) is 6.21. The molecule has 2 unspecified atom stereocenters. The van der Waals surface area contributed by atoms with E-state index in [1.54, 1.807) is 6.07 Å². The Bertz CT molecular complexity index is 935. The number of aliphatic hydroxyl groups is 1. The average Bonchev–Trinajstić information content (AvgIpc) is 3.11. The molecule has 1 heterocycles. The van der Waals surface area contributed by atoms with Crippen molar-refractivity contribution >= 4 is 5.91 Å². The fourth-order valence-corrected chi connectivity index (χ4v) is 3.48. The van der Waals surface area contributed by atoms with Gasteiger partial charge in [-0.05, 0) is 43.7 Å². The largest absolute Gasteiger partial charge is 0.507 e. The van der Waals surface area contributed by atoms with Crippen LogP contribution in [-0.4, -0.2) is 67.0 Å². The highest BCUT2D eigenvalue weighted by atomic mass is 16.7. The molecule has 33 heavy (non-hydrogen) atoms. The molecule has 0 saturated carbocycles. The van der Waals surface area contributed by atoms with Crippen molar-refractivity contribution in [3.8, 4) is 17.2 Å². The number of carbonyl (C=O) groups excluding carboxylic acids is 1. The summed E-state index contributed by atoms with van der Waals surface area (Å²) in [5, 5.41) is 22.9. The number of phenols is 1. The van der Waals surface area contributed by atoms with Gasteiger partial charge in [-0.1, -0.05) is 18.2 Å². The molecule has 1 fully saturated rings. The van der Waals surface area contributed by atoms with Crippen LogP contribution in [0.3, 0.4) is 0 Å². The number of para-hydroxylation sites is 1. The molecule has 9 heteroatoms. The van der Waals surface area contributed by atoms with Crippen molar-refractivity contribution in [2.24, 2.45) is 5.73 Å². The zero-order chi connectivity index (χ0) is 23.8. The number of aliphatic hydroxyl groups excluding tert-OH is 1. The van der Waals surface area contributed by atoms with Gasteiger partial charge in [0.25, 0.3) is 5.91 Å². The number of aromatic hydroxyl groups is 1. The first-order valence-corrected chi connectivity index (χ1v) is 10.9. The molecule has 0 aliphatic carbocycles. The molecule has 0 bridgehead atoms. The third-order valence-electron chi connectivity index (χ3n) is 5.08. The second-order valence-corrected chi connectivity index (χ2v) is 8.32. The van der Waals surface area contributed by atoms with Crippen LogP contribution in [0.15, 0.2) is 42.5 Å². The van der Waals surface area contributed by atoms with Crippen LogP contribution in [0.1, 0.15) is 29.8 Å². The fourth-order valence-electron chi connectivity index (χ4n) is 3.48. The number of carbonyl (C=O) groups is 1. The molecule has 1 aliphatic heterocycles.